The van der Waals surface area contributed by atoms with Crippen LogP contribution >= 0.6 is 0 Å². The molecule has 1 aromatic rings. The highest BCUT2D eigenvalue weighted by Crippen LogP contribution is 2.44. The topological polar surface area (TPSA) is 119 Å². The van der Waals surface area contributed by atoms with Crippen LogP contribution in [0.25, 0.3) is 5.57 Å². The zero-order valence-corrected chi connectivity index (χ0v) is 36.2. The van der Waals surface area contributed by atoms with Crippen molar-refractivity contribution in [3.05, 3.63) is 64.2 Å². The van der Waals surface area contributed by atoms with E-state index in [1.54, 1.807) is 12.1 Å². The summed E-state index contributed by atoms with van der Waals surface area (Å²) in [6.07, 6.45) is 19.4. The van der Waals surface area contributed by atoms with Crippen LogP contribution in [0.2, 0.25) is 0 Å². The fourth-order valence-corrected chi connectivity index (χ4v) is 8.66. The highest BCUT2D eigenvalue weighted by atomic mass is 16.3. The van der Waals surface area contributed by atoms with E-state index in [-0.39, 0.29) is 40.0 Å². The molecule has 0 saturated heterocycles. The Morgan fingerprint density at radius 1 is 0.719 bits per heavy atom. The minimum Gasteiger partial charge on any atom is -0.506 e. The van der Waals surface area contributed by atoms with Crippen molar-refractivity contribution in [2.24, 2.45) is 22.7 Å². The van der Waals surface area contributed by atoms with E-state index in [4.69, 9.17) is 0 Å². The van der Waals surface area contributed by atoms with Crippen LogP contribution in [0, 0.1) is 22.7 Å². The lowest BCUT2D eigenvalue weighted by Gasteiger charge is -2.32. The first-order valence-electron chi connectivity index (χ1n) is 22.1. The van der Waals surface area contributed by atoms with Gasteiger partial charge in [-0.3, -0.25) is 19.2 Å². The molecule has 2 amide bonds. The number of likely N-dealkylation sites (N-methyl/N-ethyl adjacent to an activating group) is 1. The number of benzene rings is 1. The third-order valence-electron chi connectivity index (χ3n) is 13.6. The van der Waals surface area contributed by atoms with Gasteiger partial charge in [0, 0.05) is 60.0 Å². The standard InChI is InChI=1S/C48H70N4O5/c1-9-47(5,6)45(56)49-37-29-34(51(11-3)27-17-23-32-19-13-14-20-32)25-26-36(37)40-43(54)42(44(40)55)41-38(50-46(57)48(7,8)10-2)30-35(31-39(41)53)52(12-4)28-18-24-33-21-15-16-22-33/h25-26,29-33,54H,9-24,27-28H2,1-8H3,(H,49,56)(H,50,57)/b42-41+. The highest BCUT2D eigenvalue weighted by molar-refractivity contribution is 6.42. The molecule has 0 heterocycles. The summed E-state index contributed by atoms with van der Waals surface area (Å²) in [5.74, 6) is -0.159. The van der Waals surface area contributed by atoms with E-state index in [1.807, 2.05) is 53.7 Å². The molecular weight excluding hydrogens is 713 g/mol. The van der Waals surface area contributed by atoms with Crippen molar-refractivity contribution < 1.29 is 24.3 Å². The van der Waals surface area contributed by atoms with Crippen LogP contribution in [0.1, 0.15) is 151 Å². The number of aliphatic hydroxyl groups excluding tert-OH is 1. The Hall–Kier alpha value is -4.14. The van der Waals surface area contributed by atoms with Crippen LogP contribution in [0.5, 0.6) is 0 Å². The molecule has 0 atom stereocenters. The summed E-state index contributed by atoms with van der Waals surface area (Å²) in [6, 6.07) is 5.64. The Bertz CT molecular complexity index is 1800. The van der Waals surface area contributed by atoms with Gasteiger partial charge in [-0.1, -0.05) is 92.9 Å². The number of nitrogens with one attached hydrogen (secondary N) is 2. The number of anilines is 2. The summed E-state index contributed by atoms with van der Waals surface area (Å²) in [6.45, 7) is 18.6. The fraction of sp³-hybridized carbons (Fsp3) is 0.625. The minimum atomic E-state index is -0.733. The number of carbonyl (C=O) groups excluding carboxylic acids is 4. The molecule has 9 nitrogen and oxygen atoms in total. The minimum absolute atomic E-state index is 0.0130. The zero-order valence-electron chi connectivity index (χ0n) is 36.2. The Morgan fingerprint density at radius 3 is 1.75 bits per heavy atom. The molecule has 5 rings (SSSR count). The van der Waals surface area contributed by atoms with Gasteiger partial charge in [0.1, 0.15) is 5.76 Å². The van der Waals surface area contributed by atoms with Crippen molar-refractivity contribution in [1.82, 2.24) is 10.2 Å². The molecule has 0 unspecified atom stereocenters. The first-order chi connectivity index (χ1) is 27.1. The van der Waals surface area contributed by atoms with Crippen LogP contribution in [0.15, 0.2) is 58.7 Å². The maximum Gasteiger partial charge on any atom is 0.230 e. The number of Topliss-reactive ketones (excluding diaryl/α,β-unsaturated/α-hetero) is 1. The summed E-state index contributed by atoms with van der Waals surface area (Å²) < 4.78 is 0. The average molecular weight is 783 g/mol. The van der Waals surface area contributed by atoms with Gasteiger partial charge in [-0.05, 0) is 88.5 Å². The van der Waals surface area contributed by atoms with Crippen molar-refractivity contribution in [1.29, 1.82) is 0 Å². The van der Waals surface area contributed by atoms with Gasteiger partial charge in [0.2, 0.25) is 17.6 Å². The Balaban J connectivity index is 1.51. The largest absolute Gasteiger partial charge is 0.506 e. The Kier molecular flexibility index (Phi) is 14.7. The molecule has 0 aliphatic heterocycles. The average Bonchev–Trinajstić information content (AvgIpc) is 3.92. The Morgan fingerprint density at radius 2 is 1.25 bits per heavy atom. The van der Waals surface area contributed by atoms with Crippen LogP contribution in [-0.2, 0) is 19.2 Å². The zero-order chi connectivity index (χ0) is 41.5. The molecular formula is C48H70N4O5. The van der Waals surface area contributed by atoms with Gasteiger partial charge in [0.15, 0.2) is 5.78 Å². The van der Waals surface area contributed by atoms with Crippen molar-refractivity contribution in [2.75, 3.05) is 36.4 Å². The molecule has 2 fully saturated rings. The molecule has 3 N–H and O–H groups in total. The summed E-state index contributed by atoms with van der Waals surface area (Å²) >= 11 is 0. The van der Waals surface area contributed by atoms with E-state index in [9.17, 15) is 24.3 Å². The van der Waals surface area contributed by atoms with Gasteiger partial charge in [0.05, 0.1) is 28.1 Å². The summed E-state index contributed by atoms with van der Waals surface area (Å²) in [7, 11) is 0. The third-order valence-corrected chi connectivity index (χ3v) is 13.6. The molecule has 1 aromatic carbocycles. The van der Waals surface area contributed by atoms with Crippen LogP contribution < -0.4 is 15.5 Å². The van der Waals surface area contributed by atoms with Crippen molar-refractivity contribution in [3.63, 3.8) is 0 Å². The molecule has 0 radical (unpaired) electrons. The fourth-order valence-electron chi connectivity index (χ4n) is 8.66. The summed E-state index contributed by atoms with van der Waals surface area (Å²) in [5, 5.41) is 17.9. The van der Waals surface area contributed by atoms with E-state index in [0.717, 1.165) is 56.4 Å². The number of ketones is 2. The molecule has 0 spiro atoms. The second-order valence-corrected chi connectivity index (χ2v) is 18.2. The first-order valence-corrected chi connectivity index (χ1v) is 22.1. The lowest BCUT2D eigenvalue weighted by molar-refractivity contribution is -0.128. The van der Waals surface area contributed by atoms with Crippen molar-refractivity contribution in [3.8, 4) is 0 Å². The van der Waals surface area contributed by atoms with Gasteiger partial charge < -0.3 is 25.5 Å². The van der Waals surface area contributed by atoms with E-state index in [0.29, 0.717) is 36.3 Å². The molecule has 9 heteroatoms. The van der Waals surface area contributed by atoms with Gasteiger partial charge in [-0.25, -0.2) is 0 Å². The normalized spacial score (nSPS) is 19.4. The SMILES string of the molecule is CCN(CCCC1CCCC1)C1=CC(=O)/C(=C2/C(=O)C(c3ccc(N(CC)CCCC4CCCC4)cc3NC(=O)C(C)(C)CC)=C2O)C(NC(=O)C(C)(C)CC)=C1. The van der Waals surface area contributed by atoms with Crippen LogP contribution in [-0.4, -0.2) is 59.6 Å². The molecule has 0 bridgehead atoms. The van der Waals surface area contributed by atoms with E-state index in [1.165, 1.54) is 63.9 Å². The predicted octanol–water partition coefficient (Wildman–Crippen LogP) is 10.2. The van der Waals surface area contributed by atoms with Gasteiger partial charge >= 0.3 is 0 Å². The summed E-state index contributed by atoms with van der Waals surface area (Å²) in [4.78, 5) is 60.2. The van der Waals surface area contributed by atoms with Crippen molar-refractivity contribution in [2.45, 2.75) is 145 Å². The highest BCUT2D eigenvalue weighted by Gasteiger charge is 2.43. The van der Waals surface area contributed by atoms with Crippen LogP contribution in [0.3, 0.4) is 0 Å². The number of hydrogen-bond donors (Lipinski definition) is 3. The van der Waals surface area contributed by atoms with E-state index in [2.05, 4.69) is 34.3 Å². The molecule has 0 aromatic heterocycles. The number of aliphatic hydroxyl groups is 1. The van der Waals surface area contributed by atoms with Crippen molar-refractivity contribution >= 4 is 40.3 Å². The summed E-state index contributed by atoms with van der Waals surface area (Å²) in [5.41, 5.74) is 1.18. The van der Waals surface area contributed by atoms with E-state index >= 15 is 0 Å². The maximum atomic E-state index is 14.4. The molecule has 4 aliphatic rings. The number of allylic oxidation sites excluding steroid dienone is 5. The lowest BCUT2D eigenvalue weighted by Crippen LogP contribution is -2.39. The maximum absolute atomic E-state index is 14.4. The Labute approximate surface area is 342 Å². The first kappa shape index (κ1) is 44.0. The molecule has 4 aliphatic carbocycles. The third kappa shape index (κ3) is 10.1. The monoisotopic (exact) mass is 783 g/mol. The molecule has 57 heavy (non-hydrogen) atoms. The number of nitrogens with zero attached hydrogens (tertiary/aromatic N) is 2. The smallest absolute Gasteiger partial charge is 0.230 e. The molecule has 312 valence electrons. The number of carbonyl (C=O) groups is 4. The number of rotatable bonds is 19. The van der Waals surface area contributed by atoms with E-state index < -0.39 is 22.4 Å². The van der Waals surface area contributed by atoms with Gasteiger partial charge in [-0.2, -0.15) is 0 Å². The second kappa shape index (κ2) is 19.1. The van der Waals surface area contributed by atoms with Gasteiger partial charge in [0.25, 0.3) is 0 Å². The lowest BCUT2D eigenvalue weighted by atomic mass is 9.77. The second-order valence-electron chi connectivity index (χ2n) is 18.2. The van der Waals surface area contributed by atoms with Gasteiger partial charge in [-0.15, -0.1) is 0 Å². The number of amides is 2. The van der Waals surface area contributed by atoms with Crippen LogP contribution in [0.4, 0.5) is 11.4 Å². The number of hydrogen-bond acceptors (Lipinski definition) is 7. The quantitative estimate of drug-likeness (QED) is 0.120. The predicted molar refractivity (Wildman–Crippen MR) is 232 cm³/mol. The molecule has 2 saturated carbocycles.